The Morgan fingerprint density at radius 1 is 1.13 bits per heavy atom. The number of aromatic nitrogens is 1. The Labute approximate surface area is 181 Å². The zero-order valence-corrected chi connectivity index (χ0v) is 18.6. The molecule has 0 aliphatic carbocycles. The smallest absolute Gasteiger partial charge is 0.267 e. The minimum absolute atomic E-state index is 0.0211. The molecule has 0 bridgehead atoms. The summed E-state index contributed by atoms with van der Waals surface area (Å²) in [6.45, 7) is 8.73. The monoisotopic (exact) mass is 424 g/mol. The molecule has 0 saturated heterocycles. The number of hydrogen-bond acceptors (Lipinski definition) is 4. The molecule has 1 aliphatic heterocycles. The minimum Gasteiger partial charge on any atom is -0.490 e. The first-order valence-corrected chi connectivity index (χ1v) is 11.4. The molecule has 0 fully saturated rings. The van der Waals surface area contributed by atoms with Crippen molar-refractivity contribution in [3.05, 3.63) is 53.7 Å². The van der Waals surface area contributed by atoms with Crippen LogP contribution >= 0.6 is 11.8 Å². The summed E-state index contributed by atoms with van der Waals surface area (Å²) in [5.41, 5.74) is 3.03. The molecule has 1 N–H and O–H groups in total. The van der Waals surface area contributed by atoms with Gasteiger partial charge in [-0.15, -0.1) is 11.8 Å². The van der Waals surface area contributed by atoms with Crippen LogP contribution in [0.4, 0.5) is 0 Å². The minimum atomic E-state index is -0.0211. The van der Waals surface area contributed by atoms with Crippen molar-refractivity contribution >= 4 is 28.6 Å². The van der Waals surface area contributed by atoms with E-state index in [4.69, 9.17) is 9.47 Å². The highest BCUT2D eigenvalue weighted by molar-refractivity contribution is 8.00. The molecule has 0 radical (unpaired) electrons. The first-order valence-electron chi connectivity index (χ1n) is 10.6. The van der Waals surface area contributed by atoms with E-state index in [1.165, 1.54) is 10.4 Å². The van der Waals surface area contributed by atoms with Gasteiger partial charge in [-0.25, -0.2) is 0 Å². The first-order chi connectivity index (χ1) is 14.6. The van der Waals surface area contributed by atoms with E-state index in [0.717, 1.165) is 41.1 Å². The topological polar surface area (TPSA) is 52.5 Å². The van der Waals surface area contributed by atoms with Crippen LogP contribution in [0.1, 0.15) is 36.8 Å². The Bertz CT molecular complexity index is 1060. The Kier molecular flexibility index (Phi) is 6.23. The van der Waals surface area contributed by atoms with Crippen molar-refractivity contribution in [3.8, 4) is 11.5 Å². The fourth-order valence-corrected chi connectivity index (χ4v) is 5.09. The van der Waals surface area contributed by atoms with Crippen LogP contribution in [0.25, 0.3) is 10.9 Å². The summed E-state index contributed by atoms with van der Waals surface area (Å²) in [4.78, 5) is 14.2. The molecule has 0 spiro atoms. The lowest BCUT2D eigenvalue weighted by molar-refractivity contribution is 0.0945. The Morgan fingerprint density at radius 2 is 1.93 bits per heavy atom. The van der Waals surface area contributed by atoms with Crippen LogP contribution in [0, 0.1) is 0 Å². The average molecular weight is 425 g/mol. The van der Waals surface area contributed by atoms with E-state index in [1.54, 1.807) is 0 Å². The van der Waals surface area contributed by atoms with Gasteiger partial charge in [0.05, 0.1) is 18.7 Å². The van der Waals surface area contributed by atoms with Gasteiger partial charge in [0.1, 0.15) is 5.69 Å². The highest BCUT2D eigenvalue weighted by atomic mass is 32.2. The highest BCUT2D eigenvalue weighted by Crippen LogP contribution is 2.38. The average Bonchev–Trinajstić information content (AvgIpc) is 3.10. The van der Waals surface area contributed by atoms with Crippen LogP contribution in [0.15, 0.2) is 47.4 Å². The molecule has 1 aliphatic rings. The predicted octanol–water partition coefficient (Wildman–Crippen LogP) is 4.91. The second-order valence-electron chi connectivity index (χ2n) is 7.42. The maximum atomic E-state index is 13.0. The van der Waals surface area contributed by atoms with Crippen molar-refractivity contribution in [2.24, 2.45) is 0 Å². The van der Waals surface area contributed by atoms with E-state index in [1.807, 2.05) is 49.9 Å². The number of hydrogen-bond donors (Lipinski definition) is 1. The number of para-hydroxylation sites is 1. The number of carbonyl (C=O) groups is 1. The summed E-state index contributed by atoms with van der Waals surface area (Å²) in [6, 6.07) is 14.3. The van der Waals surface area contributed by atoms with Gasteiger partial charge < -0.3 is 19.4 Å². The molecule has 158 valence electrons. The summed E-state index contributed by atoms with van der Waals surface area (Å²) in [5, 5.41) is 4.67. The van der Waals surface area contributed by atoms with Crippen molar-refractivity contribution in [1.82, 2.24) is 9.88 Å². The van der Waals surface area contributed by atoms with Crippen molar-refractivity contribution in [2.45, 2.75) is 43.9 Å². The maximum Gasteiger partial charge on any atom is 0.267 e. The fraction of sp³-hybridized carbons (Fsp3) is 0.375. The van der Waals surface area contributed by atoms with Gasteiger partial charge in [-0.1, -0.05) is 25.1 Å². The van der Waals surface area contributed by atoms with Crippen LogP contribution in [-0.2, 0) is 13.0 Å². The molecule has 2 aromatic carbocycles. The number of nitrogens with zero attached hydrogens (tertiary/aromatic N) is 1. The number of nitrogens with one attached hydrogen (secondary N) is 1. The third kappa shape index (κ3) is 4.15. The number of ether oxygens (including phenoxy) is 2. The summed E-state index contributed by atoms with van der Waals surface area (Å²) >= 11 is 1.88. The first kappa shape index (κ1) is 20.7. The number of amides is 1. The molecule has 2 heterocycles. The molecule has 1 amide bonds. The number of benzene rings is 2. The van der Waals surface area contributed by atoms with E-state index in [0.29, 0.717) is 25.0 Å². The third-order valence-electron chi connectivity index (χ3n) is 5.19. The van der Waals surface area contributed by atoms with E-state index < -0.39 is 0 Å². The molecule has 30 heavy (non-hydrogen) atoms. The zero-order chi connectivity index (χ0) is 21.1. The maximum absolute atomic E-state index is 13.0. The van der Waals surface area contributed by atoms with Gasteiger partial charge in [0.25, 0.3) is 5.91 Å². The second kappa shape index (κ2) is 9.04. The largest absolute Gasteiger partial charge is 0.490 e. The normalized spacial score (nSPS) is 15.2. The molecular weight excluding hydrogens is 396 g/mol. The van der Waals surface area contributed by atoms with E-state index in [9.17, 15) is 4.79 Å². The highest BCUT2D eigenvalue weighted by Gasteiger charge is 2.23. The van der Waals surface area contributed by atoms with E-state index in [2.05, 4.69) is 35.0 Å². The Morgan fingerprint density at radius 3 is 2.73 bits per heavy atom. The molecule has 4 rings (SSSR count). The lowest BCUT2D eigenvalue weighted by Gasteiger charge is -2.22. The molecule has 6 heteroatoms. The van der Waals surface area contributed by atoms with Crippen molar-refractivity contribution < 1.29 is 14.3 Å². The van der Waals surface area contributed by atoms with Gasteiger partial charge in [0.15, 0.2) is 11.5 Å². The summed E-state index contributed by atoms with van der Waals surface area (Å²) < 4.78 is 13.5. The number of rotatable bonds is 8. The molecule has 1 aromatic heterocycles. The third-order valence-corrected chi connectivity index (χ3v) is 6.33. The van der Waals surface area contributed by atoms with Gasteiger partial charge in [0, 0.05) is 28.6 Å². The Balaban J connectivity index is 1.46. The lowest BCUT2D eigenvalue weighted by atomic mass is 10.1. The molecule has 5 nitrogen and oxygen atoms in total. The lowest BCUT2D eigenvalue weighted by Crippen LogP contribution is -2.29. The van der Waals surface area contributed by atoms with Crippen molar-refractivity contribution in [1.29, 1.82) is 0 Å². The van der Waals surface area contributed by atoms with Gasteiger partial charge in [-0.05, 0) is 50.1 Å². The van der Waals surface area contributed by atoms with E-state index >= 15 is 0 Å². The van der Waals surface area contributed by atoms with Gasteiger partial charge in [0.2, 0.25) is 0 Å². The predicted molar refractivity (Wildman–Crippen MR) is 122 cm³/mol. The van der Waals surface area contributed by atoms with Crippen LogP contribution in [0.2, 0.25) is 0 Å². The molecule has 3 aromatic rings. The molecule has 0 saturated carbocycles. The van der Waals surface area contributed by atoms with Crippen molar-refractivity contribution in [3.63, 3.8) is 0 Å². The van der Waals surface area contributed by atoms with Crippen LogP contribution in [0.3, 0.4) is 0 Å². The van der Waals surface area contributed by atoms with Crippen LogP contribution in [-0.4, -0.2) is 35.5 Å². The second-order valence-corrected chi connectivity index (χ2v) is 8.90. The summed E-state index contributed by atoms with van der Waals surface area (Å²) in [6.07, 6.45) is 0.732. The number of carbonyl (C=O) groups excluding carboxylic acids is 1. The van der Waals surface area contributed by atoms with Gasteiger partial charge >= 0.3 is 0 Å². The van der Waals surface area contributed by atoms with Crippen LogP contribution in [0.5, 0.6) is 11.5 Å². The Hall–Kier alpha value is -2.60. The molecule has 1 atom stereocenters. The molecule has 0 unspecified atom stereocenters. The van der Waals surface area contributed by atoms with Crippen molar-refractivity contribution in [2.75, 3.05) is 19.8 Å². The standard InChI is InChI=1S/C24H28N2O3S/c1-4-28-20-10-9-17(13-21(20)29-5-2)11-12-25-24(27)19-14-18-7-6-8-22-23(18)26(19)15-16(3)30-22/h6-10,13-14,16H,4-5,11-12,15H2,1-3H3,(H,25,27)/t16-/m0/s1. The zero-order valence-electron chi connectivity index (χ0n) is 17.7. The fourth-order valence-electron chi connectivity index (χ4n) is 3.94. The van der Waals surface area contributed by atoms with Gasteiger partial charge in [-0.3, -0.25) is 4.79 Å². The quantitative estimate of drug-likeness (QED) is 0.558. The SMILES string of the molecule is CCOc1ccc(CCNC(=O)c2cc3cccc4c3n2C[C@H](C)S4)cc1OCC. The summed E-state index contributed by atoms with van der Waals surface area (Å²) in [5.74, 6) is 1.49. The molecular formula is C24H28N2O3S. The number of thioether (sulfide) groups is 1. The van der Waals surface area contributed by atoms with Gasteiger partial charge in [-0.2, -0.15) is 0 Å². The summed E-state index contributed by atoms with van der Waals surface area (Å²) in [7, 11) is 0. The van der Waals surface area contributed by atoms with E-state index in [-0.39, 0.29) is 5.91 Å². The van der Waals surface area contributed by atoms with Crippen LogP contribution < -0.4 is 14.8 Å².